The number of amides is 1. The van der Waals surface area contributed by atoms with E-state index in [1.165, 1.54) is 18.8 Å². The zero-order valence-corrected chi connectivity index (χ0v) is 15.7. The van der Waals surface area contributed by atoms with Crippen LogP contribution in [0.1, 0.15) is 0 Å². The number of hydrogen-bond donors (Lipinski definition) is 1. The van der Waals surface area contributed by atoms with E-state index in [0.717, 1.165) is 4.57 Å². The molecular formula is C20H21N3O5. The molecule has 1 amide bonds. The predicted molar refractivity (Wildman–Crippen MR) is 105 cm³/mol. The highest BCUT2D eigenvalue weighted by atomic mass is 16.5. The van der Waals surface area contributed by atoms with E-state index < -0.39 is 11.2 Å². The number of para-hydroxylation sites is 1. The van der Waals surface area contributed by atoms with Gasteiger partial charge < -0.3 is 14.8 Å². The second kappa shape index (κ2) is 8.53. The molecule has 0 atom stereocenters. The smallest absolute Gasteiger partial charge is 0.336 e. The van der Waals surface area contributed by atoms with Gasteiger partial charge in [0.2, 0.25) is 5.91 Å². The molecule has 0 aliphatic carbocycles. The number of methoxy groups -OCH3 is 2. The summed E-state index contributed by atoms with van der Waals surface area (Å²) in [6.45, 7) is 0.492. The molecule has 28 heavy (non-hydrogen) atoms. The van der Waals surface area contributed by atoms with Gasteiger partial charge in [0.25, 0.3) is 5.56 Å². The number of carbonyl (C=O) groups is 1. The minimum absolute atomic E-state index is 0.209. The van der Waals surface area contributed by atoms with Crippen molar-refractivity contribution in [3.05, 3.63) is 69.4 Å². The molecular weight excluding hydrogens is 362 g/mol. The number of rotatable bonds is 7. The molecule has 0 radical (unpaired) electrons. The second-order valence-corrected chi connectivity index (χ2v) is 6.07. The van der Waals surface area contributed by atoms with E-state index in [-0.39, 0.29) is 12.5 Å². The molecule has 8 nitrogen and oxygen atoms in total. The first-order valence-electron chi connectivity index (χ1n) is 8.71. The van der Waals surface area contributed by atoms with Crippen LogP contribution in [-0.2, 0) is 16.1 Å². The highest BCUT2D eigenvalue weighted by Gasteiger charge is 2.16. The Morgan fingerprint density at radius 1 is 1.04 bits per heavy atom. The lowest BCUT2D eigenvalue weighted by Crippen LogP contribution is -2.42. The van der Waals surface area contributed by atoms with Gasteiger partial charge in [-0.1, -0.05) is 12.1 Å². The zero-order valence-electron chi connectivity index (χ0n) is 15.7. The van der Waals surface area contributed by atoms with Crippen molar-refractivity contribution in [2.24, 2.45) is 0 Å². The second-order valence-electron chi connectivity index (χ2n) is 6.07. The first-order chi connectivity index (χ1) is 13.6. The Balaban J connectivity index is 2.13. The van der Waals surface area contributed by atoms with Crippen LogP contribution in [0, 0.1) is 0 Å². The summed E-state index contributed by atoms with van der Waals surface area (Å²) in [7, 11) is 3.07. The van der Waals surface area contributed by atoms with Gasteiger partial charge in [-0.3, -0.25) is 14.2 Å². The Kier molecular flexibility index (Phi) is 5.90. The zero-order chi connectivity index (χ0) is 20.1. The van der Waals surface area contributed by atoms with E-state index in [4.69, 9.17) is 9.47 Å². The van der Waals surface area contributed by atoms with Gasteiger partial charge in [0.05, 0.1) is 30.3 Å². The number of nitrogens with zero attached hydrogens (tertiary/aromatic N) is 2. The predicted octanol–water partition coefficient (Wildman–Crippen LogP) is 0.924. The van der Waals surface area contributed by atoms with Crippen molar-refractivity contribution in [3.63, 3.8) is 0 Å². The minimum atomic E-state index is -0.587. The van der Waals surface area contributed by atoms with Gasteiger partial charge in [-0.15, -0.1) is 0 Å². The molecule has 3 rings (SSSR count). The van der Waals surface area contributed by atoms with Crippen LogP contribution < -0.4 is 21.3 Å². The molecule has 0 bridgehead atoms. The highest BCUT2D eigenvalue weighted by molar-refractivity contribution is 5.81. The maximum Gasteiger partial charge on any atom is 0.336 e. The lowest BCUT2D eigenvalue weighted by molar-refractivity contribution is -0.121. The molecule has 0 spiro atoms. The third-order valence-electron chi connectivity index (χ3n) is 4.31. The molecule has 146 valence electrons. The van der Waals surface area contributed by atoms with Crippen LogP contribution in [0.2, 0.25) is 0 Å². The number of carbonyl (C=O) groups excluding carboxylic acids is 1. The summed E-state index contributed by atoms with van der Waals surface area (Å²) < 4.78 is 12.4. The van der Waals surface area contributed by atoms with E-state index in [1.807, 2.05) is 0 Å². The lowest BCUT2D eigenvalue weighted by Gasteiger charge is -2.14. The number of fused-ring (bicyclic) bond motifs is 1. The molecule has 3 aromatic rings. The van der Waals surface area contributed by atoms with Crippen molar-refractivity contribution < 1.29 is 14.3 Å². The number of ether oxygens (including phenoxy) is 2. The topological polar surface area (TPSA) is 91.6 Å². The van der Waals surface area contributed by atoms with Crippen molar-refractivity contribution >= 4 is 16.8 Å². The van der Waals surface area contributed by atoms with Crippen LogP contribution in [0.25, 0.3) is 16.6 Å². The van der Waals surface area contributed by atoms with Crippen molar-refractivity contribution in [1.29, 1.82) is 0 Å². The first-order valence-corrected chi connectivity index (χ1v) is 8.71. The van der Waals surface area contributed by atoms with Crippen LogP contribution >= 0.6 is 0 Å². The third-order valence-corrected chi connectivity index (χ3v) is 4.31. The summed E-state index contributed by atoms with van der Waals surface area (Å²) >= 11 is 0. The summed E-state index contributed by atoms with van der Waals surface area (Å²) in [5.41, 5.74) is -0.225. The molecule has 1 N–H and O–H groups in total. The van der Waals surface area contributed by atoms with Crippen LogP contribution in [0.5, 0.6) is 5.75 Å². The molecule has 8 heteroatoms. The number of hydrogen-bond acceptors (Lipinski definition) is 5. The van der Waals surface area contributed by atoms with E-state index in [2.05, 4.69) is 5.32 Å². The van der Waals surface area contributed by atoms with E-state index in [0.29, 0.717) is 35.5 Å². The van der Waals surface area contributed by atoms with Crippen molar-refractivity contribution in [2.45, 2.75) is 6.54 Å². The van der Waals surface area contributed by atoms with Gasteiger partial charge in [0.15, 0.2) is 0 Å². The van der Waals surface area contributed by atoms with Gasteiger partial charge >= 0.3 is 5.69 Å². The van der Waals surface area contributed by atoms with E-state index in [1.54, 1.807) is 48.5 Å². The first kappa shape index (κ1) is 19.4. The van der Waals surface area contributed by atoms with Gasteiger partial charge in [0, 0.05) is 13.7 Å². The molecule has 0 unspecified atom stereocenters. The van der Waals surface area contributed by atoms with Crippen LogP contribution in [0.15, 0.2) is 58.1 Å². The van der Waals surface area contributed by atoms with Gasteiger partial charge in [0.1, 0.15) is 12.3 Å². The Bertz CT molecular complexity index is 1100. The van der Waals surface area contributed by atoms with E-state index >= 15 is 0 Å². The summed E-state index contributed by atoms with van der Waals surface area (Å²) in [4.78, 5) is 38.3. The van der Waals surface area contributed by atoms with Crippen LogP contribution in [0.4, 0.5) is 0 Å². The number of nitrogens with one attached hydrogen (secondary N) is 1. The fourth-order valence-corrected chi connectivity index (χ4v) is 2.92. The molecule has 0 aliphatic heterocycles. The lowest BCUT2D eigenvalue weighted by atomic mass is 10.2. The fourth-order valence-electron chi connectivity index (χ4n) is 2.92. The standard InChI is InChI=1S/C20H21N3O5/c1-27-12-11-21-18(24)13-22-17-6-4-3-5-16(17)19(25)23(20(22)26)14-7-9-15(28-2)10-8-14/h3-10H,11-13H2,1-2H3,(H,21,24). The maximum absolute atomic E-state index is 13.1. The molecule has 1 aromatic heterocycles. The molecule has 0 saturated heterocycles. The summed E-state index contributed by atoms with van der Waals surface area (Å²) in [5.74, 6) is 0.264. The molecule has 0 fully saturated rings. The Hall–Kier alpha value is -3.39. The Morgan fingerprint density at radius 2 is 1.75 bits per heavy atom. The number of benzene rings is 2. The Labute approximate surface area is 160 Å². The third kappa shape index (κ3) is 3.81. The van der Waals surface area contributed by atoms with Gasteiger partial charge in [-0.2, -0.15) is 0 Å². The fraction of sp³-hybridized carbons (Fsp3) is 0.250. The SMILES string of the molecule is COCCNC(=O)Cn1c(=O)n(-c2ccc(OC)cc2)c(=O)c2ccccc21. The largest absolute Gasteiger partial charge is 0.497 e. The average Bonchev–Trinajstić information content (AvgIpc) is 2.72. The average molecular weight is 383 g/mol. The monoisotopic (exact) mass is 383 g/mol. The van der Waals surface area contributed by atoms with Crippen LogP contribution in [-0.4, -0.2) is 42.4 Å². The van der Waals surface area contributed by atoms with E-state index in [9.17, 15) is 14.4 Å². The summed E-state index contributed by atoms with van der Waals surface area (Å²) in [5, 5.41) is 3.03. The highest BCUT2D eigenvalue weighted by Crippen LogP contribution is 2.14. The van der Waals surface area contributed by atoms with Gasteiger partial charge in [-0.25, -0.2) is 9.36 Å². The molecule has 1 heterocycles. The van der Waals surface area contributed by atoms with Gasteiger partial charge in [-0.05, 0) is 36.4 Å². The Morgan fingerprint density at radius 3 is 2.43 bits per heavy atom. The quantitative estimate of drug-likeness (QED) is 0.613. The minimum Gasteiger partial charge on any atom is -0.497 e. The normalized spacial score (nSPS) is 10.8. The molecule has 0 aliphatic rings. The van der Waals surface area contributed by atoms with Crippen molar-refractivity contribution in [2.75, 3.05) is 27.4 Å². The van der Waals surface area contributed by atoms with Crippen LogP contribution in [0.3, 0.4) is 0 Å². The van der Waals surface area contributed by atoms with Crippen molar-refractivity contribution in [3.8, 4) is 11.4 Å². The molecule has 0 saturated carbocycles. The van der Waals surface area contributed by atoms with Crippen molar-refractivity contribution in [1.82, 2.24) is 14.5 Å². The molecule has 2 aromatic carbocycles. The summed E-state index contributed by atoms with van der Waals surface area (Å²) in [6.07, 6.45) is 0. The number of aromatic nitrogens is 2. The maximum atomic E-state index is 13.1. The summed E-state index contributed by atoms with van der Waals surface area (Å²) in [6, 6.07) is 13.3.